The predicted molar refractivity (Wildman–Crippen MR) is 302 cm³/mol. The van der Waals surface area contributed by atoms with Gasteiger partial charge in [-0.05, 0) is 155 Å². The Kier molecular flexibility index (Phi) is 10.2. The average Bonchev–Trinajstić information content (AvgIpc) is 3.66. The van der Waals surface area contributed by atoms with Gasteiger partial charge in [0, 0.05) is 39.2 Å². The van der Waals surface area contributed by atoms with E-state index in [1.165, 1.54) is 88.0 Å². The van der Waals surface area contributed by atoms with Crippen molar-refractivity contribution in [1.82, 2.24) is 0 Å². The van der Waals surface area contributed by atoms with Crippen molar-refractivity contribution < 1.29 is 0 Å². The molecule has 71 heavy (non-hydrogen) atoms. The van der Waals surface area contributed by atoms with Crippen molar-refractivity contribution in [1.29, 1.82) is 0 Å². The second-order valence-electron chi connectivity index (χ2n) is 19.3. The van der Waals surface area contributed by atoms with Gasteiger partial charge in [0.15, 0.2) is 0 Å². The molecule has 0 bridgehead atoms. The van der Waals surface area contributed by atoms with E-state index in [1.807, 2.05) is 0 Å². The maximum atomic E-state index is 2.50. The number of benzene rings is 12. The summed E-state index contributed by atoms with van der Waals surface area (Å²) in [5.41, 5.74) is 19.0. The fourth-order valence-corrected chi connectivity index (χ4v) is 11.4. The molecule has 336 valence electrons. The summed E-state index contributed by atoms with van der Waals surface area (Å²) in [6, 6.07) is 98.1. The van der Waals surface area contributed by atoms with Crippen LogP contribution in [-0.4, -0.2) is 0 Å². The van der Waals surface area contributed by atoms with E-state index in [9.17, 15) is 0 Å². The minimum absolute atomic E-state index is 0.170. The summed E-state index contributed by atoms with van der Waals surface area (Å²) in [5, 5.41) is 7.19. The zero-order valence-electron chi connectivity index (χ0n) is 39.8. The van der Waals surface area contributed by atoms with Gasteiger partial charge in [-0.1, -0.05) is 208 Å². The predicted octanol–water partition coefficient (Wildman–Crippen LogP) is 19.4. The van der Waals surface area contributed by atoms with Crippen molar-refractivity contribution in [3.63, 3.8) is 0 Å². The second kappa shape index (κ2) is 17.2. The van der Waals surface area contributed by atoms with Gasteiger partial charge >= 0.3 is 0 Å². The van der Waals surface area contributed by atoms with Gasteiger partial charge in [-0.3, -0.25) is 0 Å². The van der Waals surface area contributed by atoms with Crippen LogP contribution in [0.5, 0.6) is 0 Å². The highest BCUT2D eigenvalue weighted by atomic mass is 15.1. The van der Waals surface area contributed by atoms with Gasteiger partial charge in [0.05, 0.1) is 5.69 Å². The van der Waals surface area contributed by atoms with Crippen LogP contribution in [0.3, 0.4) is 0 Å². The molecule has 0 unspecified atom stereocenters. The van der Waals surface area contributed by atoms with Crippen LogP contribution in [-0.2, 0) is 5.41 Å². The molecule has 0 heterocycles. The Balaban J connectivity index is 1.14. The van der Waals surface area contributed by atoms with E-state index in [1.54, 1.807) is 0 Å². The molecular weight excluding hydrogens is 857 g/mol. The number of rotatable bonds is 9. The van der Waals surface area contributed by atoms with Gasteiger partial charge in [0.25, 0.3) is 0 Å². The van der Waals surface area contributed by atoms with E-state index in [2.05, 4.69) is 291 Å². The molecule has 0 fully saturated rings. The van der Waals surface area contributed by atoms with E-state index in [4.69, 9.17) is 0 Å². The number of anilines is 6. The van der Waals surface area contributed by atoms with Crippen molar-refractivity contribution in [3.05, 3.63) is 278 Å². The summed E-state index contributed by atoms with van der Waals surface area (Å²) >= 11 is 0. The van der Waals surface area contributed by atoms with E-state index >= 15 is 0 Å². The first kappa shape index (κ1) is 42.1. The third-order valence-corrected chi connectivity index (χ3v) is 14.8. The second-order valence-corrected chi connectivity index (χ2v) is 19.3. The largest absolute Gasteiger partial charge is 0.310 e. The van der Waals surface area contributed by atoms with Crippen LogP contribution in [0, 0.1) is 0 Å². The third-order valence-electron chi connectivity index (χ3n) is 14.8. The molecule has 1 aliphatic rings. The Hall–Kier alpha value is -8.98. The van der Waals surface area contributed by atoms with E-state index in [-0.39, 0.29) is 5.41 Å². The third kappa shape index (κ3) is 7.18. The van der Waals surface area contributed by atoms with E-state index in [0.29, 0.717) is 0 Å². The molecule has 0 saturated heterocycles. The molecule has 0 spiro atoms. The highest BCUT2D eigenvalue weighted by Gasteiger charge is 2.35. The van der Waals surface area contributed by atoms with Crippen molar-refractivity contribution in [2.45, 2.75) is 19.3 Å². The van der Waals surface area contributed by atoms with E-state index in [0.717, 1.165) is 34.1 Å². The Morgan fingerprint density at radius 2 is 0.732 bits per heavy atom. The van der Waals surface area contributed by atoms with Crippen molar-refractivity contribution >= 4 is 66.4 Å². The average molecular weight is 907 g/mol. The Morgan fingerprint density at radius 1 is 0.268 bits per heavy atom. The summed E-state index contributed by atoms with van der Waals surface area (Å²) in [7, 11) is 0. The van der Waals surface area contributed by atoms with Crippen LogP contribution in [0.25, 0.3) is 76.8 Å². The van der Waals surface area contributed by atoms with Crippen LogP contribution in [0.2, 0.25) is 0 Å². The van der Waals surface area contributed by atoms with Gasteiger partial charge in [-0.15, -0.1) is 0 Å². The number of fused-ring (bicyclic) bond motifs is 6. The first-order valence-electron chi connectivity index (χ1n) is 24.7. The smallest absolute Gasteiger partial charge is 0.0540 e. The summed E-state index contributed by atoms with van der Waals surface area (Å²) in [4.78, 5) is 4.82. The molecule has 2 heteroatoms. The zero-order chi connectivity index (χ0) is 47.5. The number of hydrogen-bond acceptors (Lipinski definition) is 2. The fraction of sp³-hybridized carbons (Fsp3) is 0.0435. The lowest BCUT2D eigenvalue weighted by molar-refractivity contribution is 0.660. The molecule has 0 atom stereocenters. The fourth-order valence-electron chi connectivity index (χ4n) is 11.4. The highest BCUT2D eigenvalue weighted by Crippen LogP contribution is 2.53. The van der Waals surface area contributed by atoms with Crippen molar-refractivity contribution in [2.24, 2.45) is 0 Å². The van der Waals surface area contributed by atoms with Gasteiger partial charge in [0.1, 0.15) is 0 Å². The molecule has 0 N–H and O–H groups in total. The number of nitrogens with zero attached hydrogens (tertiary/aromatic N) is 2. The molecule has 0 aliphatic heterocycles. The van der Waals surface area contributed by atoms with E-state index < -0.39 is 0 Å². The molecule has 0 radical (unpaired) electrons. The highest BCUT2D eigenvalue weighted by molar-refractivity contribution is 6.23. The van der Waals surface area contributed by atoms with Crippen LogP contribution < -0.4 is 9.80 Å². The molecule has 0 amide bonds. The summed E-state index contributed by atoms with van der Waals surface area (Å²) in [6.07, 6.45) is 0. The lowest BCUT2D eigenvalue weighted by atomic mass is 9.80. The van der Waals surface area contributed by atoms with Crippen LogP contribution in [0.1, 0.15) is 25.0 Å². The first-order chi connectivity index (χ1) is 35.0. The molecule has 12 aromatic carbocycles. The van der Waals surface area contributed by atoms with Gasteiger partial charge in [-0.2, -0.15) is 0 Å². The molecule has 2 nitrogen and oxygen atoms in total. The lowest BCUT2D eigenvalue weighted by Gasteiger charge is -2.29. The topological polar surface area (TPSA) is 6.48 Å². The van der Waals surface area contributed by atoms with Crippen LogP contribution in [0.4, 0.5) is 34.1 Å². The number of para-hydroxylation sites is 3. The number of hydrogen-bond donors (Lipinski definition) is 0. The summed E-state index contributed by atoms with van der Waals surface area (Å²) < 4.78 is 0. The summed E-state index contributed by atoms with van der Waals surface area (Å²) in [5.74, 6) is 0. The van der Waals surface area contributed by atoms with Gasteiger partial charge in [0.2, 0.25) is 0 Å². The Labute approximate surface area is 416 Å². The quantitative estimate of drug-likeness (QED) is 0.133. The minimum Gasteiger partial charge on any atom is -0.310 e. The van der Waals surface area contributed by atoms with Gasteiger partial charge < -0.3 is 9.80 Å². The maximum absolute atomic E-state index is 2.50. The normalized spacial score (nSPS) is 12.5. The Bertz CT molecular complexity index is 3890. The SMILES string of the molecule is CC1(C)c2ccccc2-c2ccc(-c3c4ccc(N(c5ccccc5)c5ccccc5)cc4c(-c4ccc(-c5ccccc5)cc4)c4ccc(N(c5ccccc5)c5cccc6ccccc56)cc34)cc21. The Morgan fingerprint density at radius 3 is 1.38 bits per heavy atom. The van der Waals surface area contributed by atoms with Crippen LogP contribution >= 0.6 is 0 Å². The first-order valence-corrected chi connectivity index (χ1v) is 24.7. The molecule has 0 saturated carbocycles. The molecule has 13 rings (SSSR count). The minimum atomic E-state index is -0.170. The standard InChI is InChI=1S/C69H50N2/c1-69(2)64-32-18-17-31-58(64)59-41-38-51(44-65(59)69)68-61-42-39-55(70(52-24-9-4-10-25-52)53-26-11-5-12-27-53)45-62(61)67(50-36-34-48(35-37-50)47-20-7-3-8-21-47)60-43-40-56(46-63(60)68)71(54-28-13-6-14-29-54)66-33-19-23-49-22-15-16-30-57(49)66/h3-46H,1-2H3. The zero-order valence-corrected chi connectivity index (χ0v) is 39.8. The molecule has 12 aromatic rings. The molecular formula is C69H50N2. The lowest BCUT2D eigenvalue weighted by Crippen LogP contribution is -2.14. The molecule has 0 aromatic heterocycles. The summed E-state index contributed by atoms with van der Waals surface area (Å²) in [6.45, 7) is 4.77. The van der Waals surface area contributed by atoms with Crippen molar-refractivity contribution in [3.8, 4) is 44.5 Å². The monoisotopic (exact) mass is 906 g/mol. The van der Waals surface area contributed by atoms with Gasteiger partial charge in [-0.25, -0.2) is 0 Å². The van der Waals surface area contributed by atoms with Crippen LogP contribution in [0.15, 0.2) is 267 Å². The molecule has 1 aliphatic carbocycles. The van der Waals surface area contributed by atoms with Crippen molar-refractivity contribution in [2.75, 3.05) is 9.80 Å². The maximum Gasteiger partial charge on any atom is 0.0540 e.